The van der Waals surface area contributed by atoms with E-state index in [1.54, 1.807) is 0 Å². The van der Waals surface area contributed by atoms with Gasteiger partial charge in [-0.3, -0.25) is 4.79 Å². The lowest BCUT2D eigenvalue weighted by Gasteiger charge is -2.03. The number of nitrogens with one attached hydrogen (secondary N) is 1. The predicted octanol–water partition coefficient (Wildman–Crippen LogP) is 3.51. The van der Waals surface area contributed by atoms with Crippen LogP contribution >= 0.6 is 22.9 Å². The Balaban J connectivity index is 1.85. The van der Waals surface area contributed by atoms with Gasteiger partial charge in [0.05, 0.1) is 19.2 Å². The van der Waals surface area contributed by atoms with E-state index in [2.05, 4.69) is 15.0 Å². The minimum atomic E-state index is -0.216. The summed E-state index contributed by atoms with van der Waals surface area (Å²) in [6.07, 6.45) is 0.954. The zero-order chi connectivity index (χ0) is 14.4. The van der Waals surface area contributed by atoms with Crippen LogP contribution in [0.2, 0.25) is 5.02 Å². The Morgan fingerprint density at radius 3 is 3.10 bits per heavy atom. The lowest BCUT2D eigenvalue weighted by Crippen LogP contribution is -2.02. The Morgan fingerprint density at radius 2 is 2.35 bits per heavy atom. The summed E-state index contributed by atoms with van der Waals surface area (Å²) < 4.78 is 4.60. The molecule has 4 nitrogen and oxygen atoms in total. The summed E-state index contributed by atoms with van der Waals surface area (Å²) in [6, 6.07) is 7.69. The second kappa shape index (κ2) is 7.26. The second-order valence-electron chi connectivity index (χ2n) is 4.20. The van der Waals surface area contributed by atoms with Crippen LogP contribution in [0.5, 0.6) is 0 Å². The third kappa shape index (κ3) is 4.51. The van der Waals surface area contributed by atoms with Crippen LogP contribution in [0.3, 0.4) is 0 Å². The highest BCUT2D eigenvalue weighted by Crippen LogP contribution is 2.18. The molecule has 6 heteroatoms. The minimum Gasteiger partial charge on any atom is -0.469 e. The molecule has 0 amide bonds. The number of rotatable bonds is 6. The number of aryl methyl sites for hydroxylation is 1. The molecule has 106 valence electrons. The summed E-state index contributed by atoms with van der Waals surface area (Å²) in [5, 5.41) is 6.75. The van der Waals surface area contributed by atoms with Crippen LogP contribution in [-0.4, -0.2) is 18.1 Å². The largest absolute Gasteiger partial charge is 0.469 e. The molecule has 0 unspecified atom stereocenters. The third-order valence-electron chi connectivity index (χ3n) is 2.70. The molecular formula is C14H15ClN2O2S. The Morgan fingerprint density at radius 1 is 1.50 bits per heavy atom. The number of methoxy groups -OCH3 is 1. The predicted molar refractivity (Wildman–Crippen MR) is 81.2 cm³/mol. The summed E-state index contributed by atoms with van der Waals surface area (Å²) in [4.78, 5) is 15.5. The smallest absolute Gasteiger partial charge is 0.305 e. The van der Waals surface area contributed by atoms with Gasteiger partial charge in [0.25, 0.3) is 0 Å². The molecule has 2 rings (SSSR count). The van der Waals surface area contributed by atoms with Crippen molar-refractivity contribution in [3.8, 4) is 0 Å². The van der Waals surface area contributed by atoms with Crippen LogP contribution < -0.4 is 5.32 Å². The first-order valence-corrected chi connectivity index (χ1v) is 7.42. The van der Waals surface area contributed by atoms with Gasteiger partial charge in [-0.2, -0.15) is 0 Å². The number of benzene rings is 1. The Bertz CT molecular complexity index is 586. The van der Waals surface area contributed by atoms with Crippen LogP contribution in [0, 0.1) is 0 Å². The molecule has 1 aromatic carbocycles. The van der Waals surface area contributed by atoms with E-state index in [0.717, 1.165) is 21.4 Å². The molecule has 0 aliphatic heterocycles. The van der Waals surface area contributed by atoms with E-state index >= 15 is 0 Å². The first-order chi connectivity index (χ1) is 9.67. The Hall–Kier alpha value is -1.59. The van der Waals surface area contributed by atoms with E-state index < -0.39 is 0 Å². The van der Waals surface area contributed by atoms with Gasteiger partial charge in [-0.25, -0.2) is 4.98 Å². The maximum Gasteiger partial charge on any atom is 0.305 e. The normalized spacial score (nSPS) is 10.3. The lowest BCUT2D eigenvalue weighted by atomic mass is 10.2. The van der Waals surface area contributed by atoms with Crippen molar-refractivity contribution in [2.75, 3.05) is 12.4 Å². The highest BCUT2D eigenvalue weighted by molar-refractivity contribution is 7.13. The fraction of sp³-hybridized carbons (Fsp3) is 0.286. The number of nitrogens with zero attached hydrogens (tertiary/aromatic N) is 1. The average molecular weight is 311 g/mol. The fourth-order valence-electron chi connectivity index (χ4n) is 1.66. The number of hydrogen-bond donors (Lipinski definition) is 1. The van der Waals surface area contributed by atoms with Gasteiger partial charge in [0.15, 0.2) is 5.13 Å². The zero-order valence-electron chi connectivity index (χ0n) is 11.1. The molecule has 0 saturated heterocycles. The van der Waals surface area contributed by atoms with Gasteiger partial charge in [-0.05, 0) is 17.7 Å². The molecule has 0 aliphatic carbocycles. The molecule has 0 bridgehead atoms. The van der Waals surface area contributed by atoms with Crippen molar-refractivity contribution in [1.82, 2.24) is 4.98 Å². The van der Waals surface area contributed by atoms with Gasteiger partial charge in [0, 0.05) is 23.4 Å². The fourth-order valence-corrected chi connectivity index (χ4v) is 2.62. The van der Waals surface area contributed by atoms with Crippen LogP contribution in [0.15, 0.2) is 29.6 Å². The van der Waals surface area contributed by atoms with Gasteiger partial charge < -0.3 is 10.1 Å². The number of aromatic nitrogens is 1. The van der Waals surface area contributed by atoms with Crippen molar-refractivity contribution in [2.45, 2.75) is 19.4 Å². The van der Waals surface area contributed by atoms with Crippen molar-refractivity contribution >= 4 is 34.0 Å². The van der Waals surface area contributed by atoms with Gasteiger partial charge >= 0.3 is 5.97 Å². The highest BCUT2D eigenvalue weighted by Gasteiger charge is 2.05. The van der Waals surface area contributed by atoms with Crippen molar-refractivity contribution < 1.29 is 9.53 Å². The number of ether oxygens (including phenoxy) is 1. The van der Waals surface area contributed by atoms with Crippen molar-refractivity contribution in [3.63, 3.8) is 0 Å². The van der Waals surface area contributed by atoms with E-state index in [9.17, 15) is 4.79 Å². The van der Waals surface area contributed by atoms with Gasteiger partial charge in [0.1, 0.15) is 0 Å². The topological polar surface area (TPSA) is 51.2 Å². The molecule has 1 aromatic heterocycles. The quantitative estimate of drug-likeness (QED) is 0.830. The Labute approximate surface area is 126 Å². The molecule has 0 atom stereocenters. The molecule has 0 aliphatic rings. The molecule has 0 spiro atoms. The number of halogens is 1. The maximum absolute atomic E-state index is 11.1. The van der Waals surface area contributed by atoms with Crippen molar-refractivity contribution in [3.05, 3.63) is 45.9 Å². The molecular weight excluding hydrogens is 296 g/mol. The standard InChI is InChI=1S/C14H15ClN2O2S/c1-19-13(18)6-5-12-9-20-14(17-12)16-8-10-3-2-4-11(15)7-10/h2-4,7,9H,5-6,8H2,1H3,(H,16,17). The molecule has 0 saturated carbocycles. The summed E-state index contributed by atoms with van der Waals surface area (Å²) in [5.74, 6) is -0.216. The summed E-state index contributed by atoms with van der Waals surface area (Å²) in [6.45, 7) is 0.671. The number of carbonyl (C=O) groups is 1. The summed E-state index contributed by atoms with van der Waals surface area (Å²) in [5.41, 5.74) is 2.00. The maximum atomic E-state index is 11.1. The molecule has 0 radical (unpaired) electrons. The second-order valence-corrected chi connectivity index (χ2v) is 5.50. The number of hydrogen-bond acceptors (Lipinski definition) is 5. The number of carbonyl (C=O) groups excluding carboxylic acids is 1. The van der Waals surface area contributed by atoms with E-state index in [4.69, 9.17) is 11.6 Å². The lowest BCUT2D eigenvalue weighted by molar-refractivity contribution is -0.140. The van der Waals surface area contributed by atoms with E-state index in [1.165, 1.54) is 18.4 Å². The number of esters is 1. The molecule has 1 N–H and O–H groups in total. The highest BCUT2D eigenvalue weighted by atomic mass is 35.5. The first kappa shape index (κ1) is 14.8. The molecule has 20 heavy (non-hydrogen) atoms. The van der Waals surface area contributed by atoms with Gasteiger partial charge in [-0.15, -0.1) is 11.3 Å². The van der Waals surface area contributed by atoms with E-state index in [1.807, 2.05) is 29.6 Å². The van der Waals surface area contributed by atoms with Gasteiger partial charge in [-0.1, -0.05) is 23.7 Å². The molecule has 2 aromatic rings. The van der Waals surface area contributed by atoms with Crippen LogP contribution in [0.25, 0.3) is 0 Å². The summed E-state index contributed by atoms with van der Waals surface area (Å²) >= 11 is 7.46. The summed E-state index contributed by atoms with van der Waals surface area (Å²) in [7, 11) is 1.39. The Kier molecular flexibility index (Phi) is 5.38. The van der Waals surface area contributed by atoms with Gasteiger partial charge in [0.2, 0.25) is 0 Å². The SMILES string of the molecule is COC(=O)CCc1csc(NCc2cccc(Cl)c2)n1. The van der Waals surface area contributed by atoms with Crippen LogP contribution in [0.4, 0.5) is 5.13 Å². The van der Waals surface area contributed by atoms with Crippen molar-refractivity contribution in [1.29, 1.82) is 0 Å². The van der Waals surface area contributed by atoms with Crippen LogP contribution in [0.1, 0.15) is 17.7 Å². The number of thiazole rings is 1. The third-order valence-corrected chi connectivity index (χ3v) is 3.78. The van der Waals surface area contributed by atoms with E-state index in [0.29, 0.717) is 19.4 Å². The minimum absolute atomic E-state index is 0.216. The van der Waals surface area contributed by atoms with E-state index in [-0.39, 0.29) is 5.97 Å². The molecule has 0 fully saturated rings. The monoisotopic (exact) mass is 310 g/mol. The number of anilines is 1. The average Bonchev–Trinajstić information content (AvgIpc) is 2.90. The van der Waals surface area contributed by atoms with Crippen molar-refractivity contribution in [2.24, 2.45) is 0 Å². The van der Waals surface area contributed by atoms with Crippen LogP contribution in [-0.2, 0) is 22.5 Å². The molecule has 1 heterocycles. The zero-order valence-corrected chi connectivity index (χ0v) is 12.6. The first-order valence-electron chi connectivity index (χ1n) is 6.17.